The van der Waals surface area contributed by atoms with Gasteiger partial charge in [-0.3, -0.25) is 4.79 Å². The topological polar surface area (TPSA) is 80.5 Å². The van der Waals surface area contributed by atoms with E-state index in [2.05, 4.69) is 6.92 Å². The minimum Gasteiger partial charge on any atom is -0.338 e. The van der Waals surface area contributed by atoms with E-state index in [1.165, 1.54) is 12.1 Å². The van der Waals surface area contributed by atoms with Gasteiger partial charge < -0.3 is 10.6 Å². The molecule has 2 N–H and O–H groups in total. The minimum absolute atomic E-state index is 0.0136. The van der Waals surface area contributed by atoms with E-state index in [1.807, 2.05) is 0 Å². The summed E-state index contributed by atoms with van der Waals surface area (Å²) in [5.74, 6) is -3.01. The maximum Gasteiger partial charge on any atom is 0.341 e. The van der Waals surface area contributed by atoms with Gasteiger partial charge in [-0.15, -0.1) is 0 Å². The van der Waals surface area contributed by atoms with Crippen molar-refractivity contribution in [3.05, 3.63) is 29.8 Å². The Morgan fingerprint density at radius 1 is 1.33 bits per heavy atom. The maximum atomic E-state index is 12.5. The van der Waals surface area contributed by atoms with E-state index in [9.17, 15) is 22.0 Å². The number of sulfone groups is 1. The summed E-state index contributed by atoms with van der Waals surface area (Å²) in [7, 11) is -4.61. The Balaban J connectivity index is 2.07. The second kappa shape index (κ2) is 7.57. The van der Waals surface area contributed by atoms with E-state index in [1.54, 1.807) is 4.90 Å². The summed E-state index contributed by atoms with van der Waals surface area (Å²) in [6.45, 7) is 3.19. The van der Waals surface area contributed by atoms with E-state index in [0.717, 1.165) is 25.0 Å². The molecule has 134 valence electrons. The monoisotopic (exact) mass is 360 g/mol. The number of hydrogen-bond donors (Lipinski definition) is 1. The molecule has 0 spiro atoms. The van der Waals surface area contributed by atoms with E-state index in [0.29, 0.717) is 24.6 Å². The fraction of sp³-hybridized carbons (Fsp3) is 0.562. The van der Waals surface area contributed by atoms with Crippen molar-refractivity contribution in [2.24, 2.45) is 11.7 Å². The Hall–Kier alpha value is -1.54. The van der Waals surface area contributed by atoms with E-state index in [-0.39, 0.29) is 18.4 Å². The van der Waals surface area contributed by atoms with Gasteiger partial charge in [0.25, 0.3) is 0 Å². The number of hydrogen-bond acceptors (Lipinski definition) is 4. The van der Waals surface area contributed by atoms with Crippen molar-refractivity contribution in [1.82, 2.24) is 4.90 Å². The summed E-state index contributed by atoms with van der Waals surface area (Å²) in [6, 6.07) is 5.04. The van der Waals surface area contributed by atoms with Crippen LogP contribution in [0.2, 0.25) is 0 Å². The van der Waals surface area contributed by atoms with Gasteiger partial charge in [0.15, 0.2) is 0 Å². The largest absolute Gasteiger partial charge is 0.341 e. The van der Waals surface area contributed by atoms with Crippen molar-refractivity contribution in [3.8, 4) is 0 Å². The highest BCUT2D eigenvalue weighted by Gasteiger charge is 2.29. The summed E-state index contributed by atoms with van der Waals surface area (Å²) in [5, 5.41) is 0. The van der Waals surface area contributed by atoms with E-state index >= 15 is 0 Å². The molecule has 0 aromatic heterocycles. The molecule has 1 aromatic carbocycles. The van der Waals surface area contributed by atoms with Crippen LogP contribution in [-0.2, 0) is 21.1 Å². The lowest BCUT2D eigenvalue weighted by molar-refractivity contribution is -0.134. The number of nitrogens with zero attached hydrogens (tertiary/aromatic N) is 1. The zero-order valence-electron chi connectivity index (χ0n) is 13.5. The first-order valence-corrected chi connectivity index (χ1v) is 9.41. The van der Waals surface area contributed by atoms with Crippen molar-refractivity contribution in [3.63, 3.8) is 0 Å². The number of alkyl halides is 2. The quantitative estimate of drug-likeness (QED) is 0.868. The molecule has 1 heterocycles. The van der Waals surface area contributed by atoms with Crippen molar-refractivity contribution in [2.45, 2.75) is 42.9 Å². The van der Waals surface area contributed by atoms with Crippen molar-refractivity contribution in [2.75, 3.05) is 13.1 Å². The molecule has 2 atom stereocenters. The molecule has 2 unspecified atom stereocenters. The third kappa shape index (κ3) is 4.10. The number of carbonyl (C=O) groups is 1. The zero-order valence-corrected chi connectivity index (χ0v) is 14.3. The van der Waals surface area contributed by atoms with E-state index in [4.69, 9.17) is 5.73 Å². The minimum atomic E-state index is -4.61. The molecule has 0 radical (unpaired) electrons. The molecule has 2 rings (SSSR count). The Morgan fingerprint density at radius 2 is 1.96 bits per heavy atom. The summed E-state index contributed by atoms with van der Waals surface area (Å²) in [4.78, 5) is 13.8. The lowest BCUT2D eigenvalue weighted by Gasteiger charge is -2.38. The van der Waals surface area contributed by atoms with Gasteiger partial charge in [-0.05, 0) is 36.5 Å². The molecule has 1 saturated heterocycles. The van der Waals surface area contributed by atoms with Crippen LogP contribution in [0.4, 0.5) is 8.78 Å². The molecule has 0 saturated carbocycles. The molecule has 1 aliphatic rings. The van der Waals surface area contributed by atoms with Gasteiger partial charge in [-0.2, -0.15) is 8.78 Å². The molecule has 0 aliphatic carbocycles. The molecule has 1 fully saturated rings. The molecule has 1 amide bonds. The van der Waals surface area contributed by atoms with Gasteiger partial charge in [0.2, 0.25) is 15.7 Å². The highest BCUT2D eigenvalue weighted by atomic mass is 32.2. The highest BCUT2D eigenvalue weighted by molar-refractivity contribution is 7.91. The van der Waals surface area contributed by atoms with Gasteiger partial charge in [0.05, 0.1) is 11.3 Å². The highest BCUT2D eigenvalue weighted by Crippen LogP contribution is 2.23. The van der Waals surface area contributed by atoms with Crippen LogP contribution >= 0.6 is 0 Å². The number of piperidine rings is 1. The molecule has 1 aliphatic heterocycles. The molecule has 0 bridgehead atoms. The fourth-order valence-corrected chi connectivity index (χ4v) is 3.70. The second-order valence-corrected chi connectivity index (χ2v) is 8.15. The summed E-state index contributed by atoms with van der Waals surface area (Å²) in [5.41, 5.74) is 6.34. The van der Waals surface area contributed by atoms with Crippen molar-refractivity contribution < 1.29 is 22.0 Å². The maximum absolute atomic E-state index is 12.5. The summed E-state index contributed by atoms with van der Waals surface area (Å²) >= 11 is 0. The first-order valence-electron chi connectivity index (χ1n) is 7.86. The molecule has 1 aromatic rings. The SMILES string of the molecule is CC1CCN(C(=O)Cc2ccc(S(=O)(=O)C(F)F)cc2)C(CN)C1. The van der Waals surface area contributed by atoms with Crippen LogP contribution in [0.25, 0.3) is 0 Å². The number of nitrogens with two attached hydrogens (primary N) is 1. The Morgan fingerprint density at radius 3 is 2.50 bits per heavy atom. The number of halogens is 2. The van der Waals surface area contributed by atoms with Crippen molar-refractivity contribution >= 4 is 15.7 Å². The standard InChI is InChI=1S/C16H22F2N2O3S/c1-11-6-7-20(13(8-11)10-19)15(21)9-12-2-4-14(5-3-12)24(22,23)16(17)18/h2-5,11,13,16H,6-10,19H2,1H3. The molecule has 24 heavy (non-hydrogen) atoms. The first kappa shape index (κ1) is 18.8. The van der Waals surface area contributed by atoms with Crippen LogP contribution in [0.1, 0.15) is 25.3 Å². The predicted octanol–water partition coefficient (Wildman–Crippen LogP) is 1.81. The van der Waals surface area contributed by atoms with Crippen LogP contribution in [-0.4, -0.2) is 44.1 Å². The molecular weight excluding hydrogens is 338 g/mol. The molecular formula is C16H22F2N2O3S. The van der Waals surface area contributed by atoms with Crippen LogP contribution in [0.15, 0.2) is 29.2 Å². The lowest BCUT2D eigenvalue weighted by atomic mass is 9.92. The van der Waals surface area contributed by atoms with Crippen LogP contribution in [0, 0.1) is 5.92 Å². The van der Waals surface area contributed by atoms with Crippen LogP contribution in [0.3, 0.4) is 0 Å². The first-order chi connectivity index (χ1) is 11.3. The molecule has 8 heteroatoms. The molecule has 5 nitrogen and oxygen atoms in total. The van der Waals surface area contributed by atoms with Gasteiger partial charge in [-0.1, -0.05) is 19.1 Å². The van der Waals surface area contributed by atoms with Crippen molar-refractivity contribution in [1.29, 1.82) is 0 Å². The van der Waals surface area contributed by atoms with Gasteiger partial charge in [0.1, 0.15) is 0 Å². The average Bonchev–Trinajstić information content (AvgIpc) is 2.54. The Bertz CT molecular complexity index is 677. The van der Waals surface area contributed by atoms with E-state index < -0.39 is 20.5 Å². The third-order valence-electron chi connectivity index (χ3n) is 4.41. The van der Waals surface area contributed by atoms with Gasteiger partial charge in [0, 0.05) is 19.1 Å². The van der Waals surface area contributed by atoms with Crippen LogP contribution < -0.4 is 5.73 Å². The van der Waals surface area contributed by atoms with Crippen LogP contribution in [0.5, 0.6) is 0 Å². The Labute approximate surface area is 140 Å². The Kier molecular flexibility index (Phi) is 5.92. The number of carbonyl (C=O) groups excluding carboxylic acids is 1. The third-order valence-corrected chi connectivity index (χ3v) is 5.81. The number of rotatable bonds is 5. The summed E-state index contributed by atoms with van der Waals surface area (Å²) < 4.78 is 47.8. The fourth-order valence-electron chi connectivity index (χ4n) is 2.98. The lowest BCUT2D eigenvalue weighted by Crippen LogP contribution is -2.49. The second-order valence-electron chi connectivity index (χ2n) is 6.23. The normalized spacial score (nSPS) is 22.0. The predicted molar refractivity (Wildman–Crippen MR) is 86.3 cm³/mol. The zero-order chi connectivity index (χ0) is 17.9. The number of likely N-dealkylation sites (tertiary alicyclic amines) is 1. The smallest absolute Gasteiger partial charge is 0.338 e. The average molecular weight is 360 g/mol. The number of benzene rings is 1. The number of amides is 1. The van der Waals surface area contributed by atoms with Gasteiger partial charge >= 0.3 is 5.76 Å². The summed E-state index contributed by atoms with van der Waals surface area (Å²) in [6.07, 6.45) is 1.89. The van der Waals surface area contributed by atoms with Gasteiger partial charge in [-0.25, -0.2) is 8.42 Å².